The van der Waals surface area contributed by atoms with Crippen molar-refractivity contribution in [2.24, 2.45) is 5.84 Å². The van der Waals surface area contributed by atoms with Crippen LogP contribution < -0.4 is 11.3 Å². The second-order valence-electron chi connectivity index (χ2n) is 5.20. The Labute approximate surface area is 112 Å². The Morgan fingerprint density at radius 2 is 2.47 bits per heavy atom. The Kier molecular flexibility index (Phi) is 4.24. The van der Waals surface area contributed by atoms with E-state index in [-0.39, 0.29) is 11.5 Å². The highest BCUT2D eigenvalue weighted by atomic mass is 16.5. The first-order chi connectivity index (χ1) is 9.08. The number of rotatable bonds is 4. The quantitative estimate of drug-likeness (QED) is 0.481. The number of furan rings is 1. The number of hydrogen-bond acceptors (Lipinski definition) is 5. The minimum atomic E-state index is -0.324. The molecule has 1 saturated heterocycles. The summed E-state index contributed by atoms with van der Waals surface area (Å²) in [5.41, 5.74) is 2.50. The van der Waals surface area contributed by atoms with Crippen molar-refractivity contribution in [2.75, 3.05) is 20.2 Å². The SMILES string of the molecule is COC1(C)CCCN(Cc2occc2C(=O)NN)C1. The van der Waals surface area contributed by atoms with Gasteiger partial charge in [0.1, 0.15) is 5.76 Å². The number of amides is 1. The van der Waals surface area contributed by atoms with Crippen LogP contribution in [0.1, 0.15) is 35.9 Å². The van der Waals surface area contributed by atoms with Crippen LogP contribution in [-0.2, 0) is 11.3 Å². The molecule has 0 bridgehead atoms. The van der Waals surface area contributed by atoms with E-state index in [1.54, 1.807) is 13.2 Å². The number of nitrogens with two attached hydrogens (primary N) is 1. The summed E-state index contributed by atoms with van der Waals surface area (Å²) in [7, 11) is 1.74. The zero-order valence-electron chi connectivity index (χ0n) is 11.4. The molecule has 1 aliphatic rings. The average molecular weight is 267 g/mol. The second-order valence-corrected chi connectivity index (χ2v) is 5.20. The molecule has 2 heterocycles. The van der Waals surface area contributed by atoms with Crippen molar-refractivity contribution in [1.82, 2.24) is 10.3 Å². The predicted molar refractivity (Wildman–Crippen MR) is 70.3 cm³/mol. The van der Waals surface area contributed by atoms with Crippen LogP contribution in [0, 0.1) is 0 Å². The first-order valence-corrected chi connectivity index (χ1v) is 6.43. The van der Waals surface area contributed by atoms with Gasteiger partial charge in [0.15, 0.2) is 0 Å². The van der Waals surface area contributed by atoms with Crippen molar-refractivity contribution in [3.8, 4) is 0 Å². The summed E-state index contributed by atoms with van der Waals surface area (Å²) in [5, 5.41) is 0. The molecule has 0 saturated carbocycles. The zero-order chi connectivity index (χ0) is 13.9. The summed E-state index contributed by atoms with van der Waals surface area (Å²) in [5.74, 6) is 5.47. The van der Waals surface area contributed by atoms with Gasteiger partial charge in [-0.25, -0.2) is 5.84 Å². The smallest absolute Gasteiger partial charge is 0.268 e. The Balaban J connectivity index is 2.05. The number of ether oxygens (including phenoxy) is 1. The molecule has 6 nitrogen and oxygen atoms in total. The minimum absolute atomic E-state index is 0.124. The van der Waals surface area contributed by atoms with Crippen molar-refractivity contribution in [3.63, 3.8) is 0 Å². The van der Waals surface area contributed by atoms with E-state index in [1.165, 1.54) is 6.26 Å². The maximum absolute atomic E-state index is 11.6. The van der Waals surface area contributed by atoms with Crippen LogP contribution in [0.2, 0.25) is 0 Å². The molecule has 2 rings (SSSR count). The summed E-state index contributed by atoms with van der Waals surface area (Å²) in [6, 6.07) is 1.64. The summed E-state index contributed by atoms with van der Waals surface area (Å²) >= 11 is 0. The Bertz CT molecular complexity index is 446. The van der Waals surface area contributed by atoms with Gasteiger partial charge in [-0.15, -0.1) is 0 Å². The number of nitrogens with one attached hydrogen (secondary N) is 1. The first kappa shape index (κ1) is 14.0. The molecule has 1 atom stereocenters. The van der Waals surface area contributed by atoms with Crippen molar-refractivity contribution in [2.45, 2.75) is 31.9 Å². The number of hydrogen-bond donors (Lipinski definition) is 2. The molecule has 1 unspecified atom stereocenters. The van der Waals surface area contributed by atoms with Crippen LogP contribution in [0.4, 0.5) is 0 Å². The molecule has 1 aromatic heterocycles. The highest BCUT2D eigenvalue weighted by molar-refractivity contribution is 5.94. The second kappa shape index (κ2) is 5.73. The van der Waals surface area contributed by atoms with Gasteiger partial charge in [0, 0.05) is 13.7 Å². The number of carbonyl (C=O) groups excluding carboxylic acids is 1. The molecule has 0 radical (unpaired) electrons. The predicted octanol–water partition coefficient (Wildman–Crippen LogP) is 0.884. The molecule has 0 aliphatic carbocycles. The van der Waals surface area contributed by atoms with Gasteiger partial charge in [-0.2, -0.15) is 0 Å². The summed E-state index contributed by atoms with van der Waals surface area (Å²) < 4.78 is 10.9. The van der Waals surface area contributed by atoms with E-state index in [4.69, 9.17) is 15.0 Å². The van der Waals surface area contributed by atoms with Crippen LogP contribution in [0.25, 0.3) is 0 Å². The summed E-state index contributed by atoms with van der Waals surface area (Å²) in [6.45, 7) is 4.50. The number of nitrogen functional groups attached to an aromatic ring is 1. The lowest BCUT2D eigenvalue weighted by molar-refractivity contribution is -0.0539. The first-order valence-electron chi connectivity index (χ1n) is 6.43. The fraction of sp³-hybridized carbons (Fsp3) is 0.615. The number of piperidine rings is 1. The summed E-state index contributed by atoms with van der Waals surface area (Å²) in [6.07, 6.45) is 3.64. The monoisotopic (exact) mass is 267 g/mol. The molecule has 19 heavy (non-hydrogen) atoms. The van der Waals surface area contributed by atoms with E-state index in [2.05, 4.69) is 17.2 Å². The third kappa shape index (κ3) is 3.15. The molecule has 1 aromatic rings. The van der Waals surface area contributed by atoms with Crippen molar-refractivity contribution in [1.29, 1.82) is 0 Å². The van der Waals surface area contributed by atoms with Crippen LogP contribution in [-0.4, -0.2) is 36.6 Å². The van der Waals surface area contributed by atoms with E-state index in [9.17, 15) is 4.79 Å². The topological polar surface area (TPSA) is 80.7 Å². The number of likely N-dealkylation sites (tertiary alicyclic amines) is 1. The highest BCUT2D eigenvalue weighted by Crippen LogP contribution is 2.25. The Morgan fingerprint density at radius 1 is 1.68 bits per heavy atom. The molecule has 3 N–H and O–H groups in total. The fourth-order valence-electron chi connectivity index (χ4n) is 2.56. The molecule has 0 aromatic carbocycles. The molecule has 1 aliphatic heterocycles. The lowest BCUT2D eigenvalue weighted by atomic mass is 9.94. The Hall–Kier alpha value is -1.37. The lowest BCUT2D eigenvalue weighted by Crippen LogP contribution is -2.47. The molecule has 0 spiro atoms. The Morgan fingerprint density at radius 3 is 3.16 bits per heavy atom. The van der Waals surface area contributed by atoms with Gasteiger partial charge in [-0.3, -0.25) is 15.1 Å². The molecular weight excluding hydrogens is 246 g/mol. The van der Waals surface area contributed by atoms with E-state index in [0.717, 1.165) is 25.9 Å². The standard InChI is InChI=1S/C13H21N3O3/c1-13(18-2)5-3-6-16(9-13)8-11-10(4-7-19-11)12(17)15-14/h4,7H,3,5-6,8-9,14H2,1-2H3,(H,15,17). The molecule has 6 heteroatoms. The third-order valence-corrected chi connectivity index (χ3v) is 3.72. The molecule has 106 valence electrons. The number of nitrogens with zero attached hydrogens (tertiary/aromatic N) is 1. The van der Waals surface area contributed by atoms with Crippen LogP contribution >= 0.6 is 0 Å². The van der Waals surface area contributed by atoms with Gasteiger partial charge in [0.2, 0.25) is 0 Å². The number of carbonyl (C=O) groups is 1. The van der Waals surface area contributed by atoms with Crippen LogP contribution in [0.15, 0.2) is 16.7 Å². The lowest BCUT2D eigenvalue weighted by Gasteiger charge is -2.39. The van der Waals surface area contributed by atoms with Gasteiger partial charge >= 0.3 is 0 Å². The summed E-state index contributed by atoms with van der Waals surface area (Å²) in [4.78, 5) is 13.8. The van der Waals surface area contributed by atoms with E-state index in [0.29, 0.717) is 17.9 Å². The van der Waals surface area contributed by atoms with E-state index < -0.39 is 0 Å². The average Bonchev–Trinajstić information content (AvgIpc) is 2.86. The fourth-order valence-corrected chi connectivity index (χ4v) is 2.56. The van der Waals surface area contributed by atoms with E-state index >= 15 is 0 Å². The zero-order valence-corrected chi connectivity index (χ0v) is 11.4. The maximum atomic E-state index is 11.6. The van der Waals surface area contributed by atoms with Crippen LogP contribution in [0.5, 0.6) is 0 Å². The van der Waals surface area contributed by atoms with Crippen molar-refractivity contribution >= 4 is 5.91 Å². The number of methoxy groups -OCH3 is 1. The van der Waals surface area contributed by atoms with Gasteiger partial charge in [-0.05, 0) is 32.4 Å². The van der Waals surface area contributed by atoms with Gasteiger partial charge in [0.25, 0.3) is 5.91 Å². The third-order valence-electron chi connectivity index (χ3n) is 3.72. The minimum Gasteiger partial charge on any atom is -0.467 e. The van der Waals surface area contributed by atoms with Gasteiger partial charge in [0.05, 0.1) is 24.0 Å². The normalized spacial score (nSPS) is 24.4. The van der Waals surface area contributed by atoms with Gasteiger partial charge in [-0.1, -0.05) is 0 Å². The molecule has 1 fully saturated rings. The number of hydrazine groups is 1. The highest BCUT2D eigenvalue weighted by Gasteiger charge is 2.31. The van der Waals surface area contributed by atoms with Crippen molar-refractivity contribution < 1.29 is 13.9 Å². The molecular formula is C13H21N3O3. The van der Waals surface area contributed by atoms with Gasteiger partial charge < -0.3 is 9.15 Å². The van der Waals surface area contributed by atoms with E-state index in [1.807, 2.05) is 0 Å². The molecule has 1 amide bonds. The maximum Gasteiger partial charge on any atom is 0.268 e. The largest absolute Gasteiger partial charge is 0.467 e. The van der Waals surface area contributed by atoms with Crippen molar-refractivity contribution in [3.05, 3.63) is 23.7 Å². The van der Waals surface area contributed by atoms with Crippen LogP contribution in [0.3, 0.4) is 0 Å².